The van der Waals surface area contributed by atoms with Crippen molar-refractivity contribution in [3.8, 4) is 5.75 Å². The molecule has 2 aromatic rings. The van der Waals surface area contributed by atoms with Crippen LogP contribution in [0.3, 0.4) is 0 Å². The van der Waals surface area contributed by atoms with Gasteiger partial charge in [-0.15, -0.1) is 10.2 Å². The maximum Gasteiger partial charge on any atom is 0.224 e. The van der Waals surface area contributed by atoms with Crippen LogP contribution in [0.2, 0.25) is 0 Å². The highest BCUT2D eigenvalue weighted by Gasteiger charge is 2.13. The van der Waals surface area contributed by atoms with Crippen LogP contribution in [-0.4, -0.2) is 33.1 Å². The number of benzene rings is 1. The van der Waals surface area contributed by atoms with E-state index < -0.39 is 0 Å². The Morgan fingerprint density at radius 3 is 2.86 bits per heavy atom. The second kappa shape index (κ2) is 6.83. The van der Waals surface area contributed by atoms with E-state index in [1.165, 1.54) is 11.1 Å². The van der Waals surface area contributed by atoms with Crippen molar-refractivity contribution >= 4 is 5.91 Å². The summed E-state index contributed by atoms with van der Waals surface area (Å²) in [5.74, 6) is 1.12. The van der Waals surface area contributed by atoms with E-state index in [0.29, 0.717) is 12.4 Å². The fraction of sp³-hybridized carbons (Fsp3) is 0.429. The quantitative estimate of drug-likeness (QED) is 0.840. The molecule has 0 radical (unpaired) electrons. The van der Waals surface area contributed by atoms with Crippen LogP contribution in [0.1, 0.15) is 36.3 Å². The number of rotatable bonds is 6. The highest BCUT2D eigenvalue weighted by atomic mass is 16.5. The molecule has 0 spiro atoms. The van der Waals surface area contributed by atoms with Gasteiger partial charge < -0.3 is 10.1 Å². The summed E-state index contributed by atoms with van der Waals surface area (Å²) in [6.07, 6.45) is 0.273. The number of ether oxygens (including phenoxy) is 1. The largest absolute Gasteiger partial charge is 0.493 e. The highest BCUT2D eigenvalue weighted by Crippen LogP contribution is 2.16. The van der Waals surface area contributed by atoms with Crippen molar-refractivity contribution in [2.75, 3.05) is 6.61 Å². The van der Waals surface area contributed by atoms with E-state index in [2.05, 4.69) is 25.9 Å². The van der Waals surface area contributed by atoms with Gasteiger partial charge >= 0.3 is 0 Å². The predicted molar refractivity (Wildman–Crippen MR) is 76.8 cm³/mol. The van der Waals surface area contributed by atoms with Crippen molar-refractivity contribution in [2.24, 2.45) is 0 Å². The van der Waals surface area contributed by atoms with E-state index in [4.69, 9.17) is 4.74 Å². The van der Waals surface area contributed by atoms with Crippen molar-refractivity contribution in [2.45, 2.75) is 33.2 Å². The molecule has 1 atom stereocenters. The predicted octanol–water partition coefficient (Wildman–Crippen LogP) is 1.46. The Morgan fingerprint density at radius 2 is 2.19 bits per heavy atom. The highest BCUT2D eigenvalue weighted by molar-refractivity contribution is 5.76. The monoisotopic (exact) mass is 289 g/mol. The molecule has 7 heteroatoms. The van der Waals surface area contributed by atoms with Crippen molar-refractivity contribution in [1.29, 1.82) is 0 Å². The van der Waals surface area contributed by atoms with Crippen molar-refractivity contribution in [3.05, 3.63) is 35.2 Å². The Morgan fingerprint density at radius 1 is 1.38 bits per heavy atom. The van der Waals surface area contributed by atoms with Crippen LogP contribution >= 0.6 is 0 Å². The maximum absolute atomic E-state index is 11.8. The third kappa shape index (κ3) is 4.27. The standard InChI is InChI=1S/C14H19N5O2/c1-9-4-5-12(8-10(9)2)21-7-6-13(20)15-11(3)14-16-18-19-17-14/h4-5,8,11H,6-7H2,1-3H3,(H,15,20)(H,16,17,18,19). The smallest absolute Gasteiger partial charge is 0.224 e. The molecule has 0 saturated heterocycles. The van der Waals surface area contributed by atoms with Gasteiger partial charge in [0.25, 0.3) is 0 Å². The van der Waals surface area contributed by atoms with Crippen LogP contribution < -0.4 is 10.1 Å². The van der Waals surface area contributed by atoms with Gasteiger partial charge in [0.1, 0.15) is 5.75 Å². The number of hydrogen-bond acceptors (Lipinski definition) is 5. The molecule has 1 unspecified atom stereocenters. The Hall–Kier alpha value is -2.44. The van der Waals surface area contributed by atoms with E-state index in [0.717, 1.165) is 5.75 Å². The van der Waals surface area contributed by atoms with Gasteiger partial charge in [0.05, 0.1) is 19.1 Å². The van der Waals surface area contributed by atoms with E-state index in [-0.39, 0.29) is 18.4 Å². The molecule has 0 aliphatic rings. The van der Waals surface area contributed by atoms with Crippen LogP contribution in [0.5, 0.6) is 5.75 Å². The molecule has 7 nitrogen and oxygen atoms in total. The van der Waals surface area contributed by atoms with E-state index in [9.17, 15) is 4.79 Å². The first-order valence-corrected chi connectivity index (χ1v) is 6.79. The van der Waals surface area contributed by atoms with Crippen LogP contribution in [-0.2, 0) is 4.79 Å². The minimum absolute atomic E-state index is 0.115. The average molecular weight is 289 g/mol. The van der Waals surface area contributed by atoms with E-state index >= 15 is 0 Å². The topological polar surface area (TPSA) is 92.8 Å². The van der Waals surface area contributed by atoms with Gasteiger partial charge in [0.2, 0.25) is 5.91 Å². The zero-order valence-corrected chi connectivity index (χ0v) is 12.4. The molecule has 0 aliphatic carbocycles. The number of H-pyrrole nitrogens is 1. The second-order valence-corrected chi connectivity index (χ2v) is 4.90. The first-order chi connectivity index (χ1) is 10.1. The first-order valence-electron chi connectivity index (χ1n) is 6.79. The Balaban J connectivity index is 1.75. The van der Waals surface area contributed by atoms with Gasteiger partial charge in [0.15, 0.2) is 5.82 Å². The molecule has 0 fully saturated rings. The van der Waals surface area contributed by atoms with Crippen molar-refractivity contribution < 1.29 is 9.53 Å². The van der Waals surface area contributed by atoms with Gasteiger partial charge in [-0.2, -0.15) is 5.21 Å². The third-order valence-corrected chi connectivity index (χ3v) is 3.20. The molecule has 1 amide bonds. The summed E-state index contributed by atoms with van der Waals surface area (Å²) < 4.78 is 5.57. The summed E-state index contributed by atoms with van der Waals surface area (Å²) in [5.41, 5.74) is 2.39. The normalized spacial score (nSPS) is 12.0. The Labute approximate surface area is 123 Å². The SMILES string of the molecule is Cc1ccc(OCCC(=O)NC(C)c2nn[nH]n2)cc1C. The lowest BCUT2D eigenvalue weighted by Crippen LogP contribution is -2.28. The molecule has 1 heterocycles. The molecular formula is C14H19N5O2. The zero-order chi connectivity index (χ0) is 15.2. The molecule has 21 heavy (non-hydrogen) atoms. The summed E-state index contributed by atoms with van der Waals surface area (Å²) >= 11 is 0. The van der Waals surface area contributed by atoms with Crippen LogP contribution in [0.4, 0.5) is 0 Å². The summed E-state index contributed by atoms with van der Waals surface area (Å²) in [6.45, 7) is 6.20. The van der Waals surface area contributed by atoms with E-state index in [1.807, 2.05) is 32.0 Å². The fourth-order valence-electron chi connectivity index (χ4n) is 1.80. The van der Waals surface area contributed by atoms with Crippen LogP contribution in [0.15, 0.2) is 18.2 Å². The number of amides is 1. The molecule has 1 aromatic carbocycles. The van der Waals surface area contributed by atoms with Crippen LogP contribution in [0, 0.1) is 13.8 Å². The van der Waals surface area contributed by atoms with Crippen molar-refractivity contribution in [3.63, 3.8) is 0 Å². The minimum atomic E-state index is -0.280. The number of hydrogen-bond donors (Lipinski definition) is 2. The maximum atomic E-state index is 11.8. The number of nitrogens with one attached hydrogen (secondary N) is 2. The molecule has 112 valence electrons. The molecule has 0 saturated carbocycles. The number of aromatic amines is 1. The number of nitrogens with zero attached hydrogens (tertiary/aromatic N) is 3. The fourth-order valence-corrected chi connectivity index (χ4v) is 1.80. The molecule has 0 aliphatic heterocycles. The molecule has 0 bridgehead atoms. The van der Waals surface area contributed by atoms with Gasteiger partial charge in [-0.25, -0.2) is 0 Å². The summed E-state index contributed by atoms with van der Waals surface area (Å²) in [7, 11) is 0. The number of aromatic nitrogens is 4. The van der Waals surface area contributed by atoms with Gasteiger partial charge in [-0.1, -0.05) is 11.3 Å². The summed E-state index contributed by atoms with van der Waals surface area (Å²) in [6, 6.07) is 5.60. The number of aryl methyl sites for hydroxylation is 2. The number of carbonyl (C=O) groups excluding carboxylic acids is 1. The summed E-state index contributed by atoms with van der Waals surface area (Å²) in [4.78, 5) is 11.8. The second-order valence-electron chi connectivity index (χ2n) is 4.90. The lowest BCUT2D eigenvalue weighted by atomic mass is 10.1. The minimum Gasteiger partial charge on any atom is -0.493 e. The van der Waals surface area contributed by atoms with Crippen LogP contribution in [0.25, 0.3) is 0 Å². The van der Waals surface area contributed by atoms with Crippen molar-refractivity contribution in [1.82, 2.24) is 25.9 Å². The third-order valence-electron chi connectivity index (χ3n) is 3.20. The molecule has 2 rings (SSSR count). The Bertz CT molecular complexity index is 597. The van der Waals surface area contributed by atoms with Gasteiger partial charge in [-0.3, -0.25) is 4.79 Å². The molecule has 2 N–H and O–H groups in total. The average Bonchev–Trinajstić information content (AvgIpc) is 2.97. The van der Waals surface area contributed by atoms with E-state index in [1.54, 1.807) is 6.92 Å². The lowest BCUT2D eigenvalue weighted by Gasteiger charge is -2.11. The first kappa shape index (κ1) is 15.0. The number of tetrazole rings is 1. The van der Waals surface area contributed by atoms with Gasteiger partial charge in [0, 0.05) is 0 Å². The van der Waals surface area contributed by atoms with Gasteiger partial charge in [-0.05, 0) is 44.0 Å². The molecular weight excluding hydrogens is 270 g/mol. The Kier molecular flexibility index (Phi) is 4.86. The summed E-state index contributed by atoms with van der Waals surface area (Å²) in [5, 5.41) is 16.2. The number of carbonyl (C=O) groups is 1. The molecule has 1 aromatic heterocycles. The zero-order valence-electron chi connectivity index (χ0n) is 12.4. The lowest BCUT2D eigenvalue weighted by molar-refractivity contribution is -0.122.